The molecule has 0 aliphatic heterocycles. The van der Waals surface area contributed by atoms with Crippen molar-refractivity contribution in [2.45, 2.75) is 6.61 Å². The third-order valence-corrected chi connectivity index (χ3v) is 2.87. The van der Waals surface area contributed by atoms with Crippen LogP contribution in [0.2, 0.25) is 0 Å². The number of carbonyl (C=O) groups excluding carboxylic acids is 1. The normalized spacial score (nSPS) is 10.4. The van der Waals surface area contributed by atoms with Gasteiger partial charge in [-0.15, -0.1) is 0 Å². The molecular formula is C17H18N2O3. The Balaban J connectivity index is 1.73. The number of pyridine rings is 1. The summed E-state index contributed by atoms with van der Waals surface area (Å²) in [7, 11) is 1.59. The summed E-state index contributed by atoms with van der Waals surface area (Å²) in [4.78, 5) is 15.7. The number of benzene rings is 1. The van der Waals surface area contributed by atoms with Gasteiger partial charge in [-0.1, -0.05) is 36.4 Å². The standard InChI is InChI=1S/C17H18N2O3/c1-21-16-10-6-11-18-15(16)9-5-12-19-17(20)22-13-14-7-3-2-4-8-14/h2-11H,12-13H2,1H3,(H,19,20). The van der Waals surface area contributed by atoms with Crippen molar-refractivity contribution < 1.29 is 14.3 Å². The zero-order valence-corrected chi connectivity index (χ0v) is 12.4. The number of methoxy groups -OCH3 is 1. The van der Waals surface area contributed by atoms with Gasteiger partial charge in [0.25, 0.3) is 0 Å². The third-order valence-electron chi connectivity index (χ3n) is 2.87. The largest absolute Gasteiger partial charge is 0.494 e. The van der Waals surface area contributed by atoms with E-state index < -0.39 is 6.09 Å². The molecule has 1 N–H and O–H groups in total. The molecule has 0 atom stereocenters. The molecular weight excluding hydrogens is 280 g/mol. The zero-order valence-electron chi connectivity index (χ0n) is 12.4. The van der Waals surface area contributed by atoms with Gasteiger partial charge >= 0.3 is 6.09 Å². The maximum Gasteiger partial charge on any atom is 0.407 e. The van der Waals surface area contributed by atoms with Gasteiger partial charge in [-0.25, -0.2) is 4.79 Å². The Kier molecular flexibility index (Phi) is 5.99. The quantitative estimate of drug-likeness (QED) is 0.890. The van der Waals surface area contributed by atoms with Gasteiger partial charge in [-0.2, -0.15) is 0 Å². The summed E-state index contributed by atoms with van der Waals surface area (Å²) in [5.74, 6) is 0.686. The molecule has 0 spiro atoms. The van der Waals surface area contributed by atoms with E-state index in [0.29, 0.717) is 18.0 Å². The second kappa shape index (κ2) is 8.46. The van der Waals surface area contributed by atoms with E-state index in [4.69, 9.17) is 9.47 Å². The number of amides is 1. The van der Waals surface area contributed by atoms with Crippen LogP contribution in [0.15, 0.2) is 54.7 Å². The van der Waals surface area contributed by atoms with E-state index in [1.165, 1.54) is 0 Å². The number of alkyl carbamates (subject to hydrolysis) is 1. The number of rotatable bonds is 6. The molecule has 0 unspecified atom stereocenters. The van der Waals surface area contributed by atoms with Gasteiger partial charge in [0.05, 0.1) is 7.11 Å². The van der Waals surface area contributed by atoms with Crippen LogP contribution in [0, 0.1) is 0 Å². The predicted molar refractivity (Wildman–Crippen MR) is 84.5 cm³/mol. The van der Waals surface area contributed by atoms with Crippen molar-refractivity contribution in [2.24, 2.45) is 0 Å². The second-order valence-electron chi connectivity index (χ2n) is 4.44. The Hall–Kier alpha value is -2.82. The van der Waals surface area contributed by atoms with Gasteiger partial charge in [0.15, 0.2) is 0 Å². The molecule has 5 heteroatoms. The Morgan fingerprint density at radius 2 is 2.05 bits per heavy atom. The first-order valence-corrected chi connectivity index (χ1v) is 6.89. The van der Waals surface area contributed by atoms with Crippen LogP contribution in [0.4, 0.5) is 4.79 Å². The molecule has 1 amide bonds. The lowest BCUT2D eigenvalue weighted by molar-refractivity contribution is 0.141. The molecule has 0 aliphatic carbocycles. The molecule has 0 bridgehead atoms. The predicted octanol–water partition coefficient (Wildman–Crippen LogP) is 3.03. The summed E-state index contributed by atoms with van der Waals surface area (Å²) < 4.78 is 10.3. The Morgan fingerprint density at radius 3 is 2.82 bits per heavy atom. The fourth-order valence-electron chi connectivity index (χ4n) is 1.79. The number of nitrogens with one attached hydrogen (secondary N) is 1. The van der Waals surface area contributed by atoms with Crippen molar-refractivity contribution in [3.63, 3.8) is 0 Å². The first kappa shape index (κ1) is 15.6. The topological polar surface area (TPSA) is 60.5 Å². The smallest absolute Gasteiger partial charge is 0.407 e. The number of hydrogen-bond donors (Lipinski definition) is 1. The fourth-order valence-corrected chi connectivity index (χ4v) is 1.79. The molecule has 114 valence electrons. The van der Waals surface area contributed by atoms with Crippen LogP contribution >= 0.6 is 0 Å². The van der Waals surface area contributed by atoms with Crippen LogP contribution in [0.3, 0.4) is 0 Å². The van der Waals surface area contributed by atoms with Crippen LogP contribution in [0.25, 0.3) is 6.08 Å². The van der Waals surface area contributed by atoms with Crippen LogP contribution in [-0.4, -0.2) is 24.7 Å². The average Bonchev–Trinajstić information content (AvgIpc) is 2.58. The van der Waals surface area contributed by atoms with Crippen LogP contribution in [-0.2, 0) is 11.3 Å². The minimum Gasteiger partial charge on any atom is -0.494 e. The van der Waals surface area contributed by atoms with Gasteiger partial charge in [-0.05, 0) is 23.8 Å². The molecule has 1 aromatic heterocycles. The lowest BCUT2D eigenvalue weighted by Crippen LogP contribution is -2.24. The number of aromatic nitrogens is 1. The molecule has 1 aromatic carbocycles. The Bertz CT molecular complexity index is 627. The van der Waals surface area contributed by atoms with Gasteiger partial charge in [0.1, 0.15) is 18.1 Å². The zero-order chi connectivity index (χ0) is 15.6. The van der Waals surface area contributed by atoms with E-state index >= 15 is 0 Å². The Labute approximate surface area is 129 Å². The summed E-state index contributed by atoms with van der Waals surface area (Å²) in [6.45, 7) is 0.609. The molecule has 5 nitrogen and oxygen atoms in total. The highest BCUT2D eigenvalue weighted by Gasteiger charge is 2.01. The molecule has 0 saturated carbocycles. The summed E-state index contributed by atoms with van der Waals surface area (Å²) in [5, 5.41) is 2.64. The number of nitrogens with zero attached hydrogens (tertiary/aromatic N) is 1. The summed E-state index contributed by atoms with van der Waals surface area (Å²) in [5.41, 5.74) is 1.66. The molecule has 2 rings (SSSR count). The van der Waals surface area contributed by atoms with Crippen molar-refractivity contribution in [1.29, 1.82) is 0 Å². The van der Waals surface area contributed by atoms with E-state index in [-0.39, 0.29) is 6.61 Å². The van der Waals surface area contributed by atoms with Crippen molar-refractivity contribution in [3.8, 4) is 5.75 Å². The van der Waals surface area contributed by atoms with Crippen molar-refractivity contribution in [1.82, 2.24) is 10.3 Å². The lowest BCUT2D eigenvalue weighted by atomic mass is 10.2. The maximum absolute atomic E-state index is 11.5. The first-order chi connectivity index (χ1) is 10.8. The van der Waals surface area contributed by atoms with Crippen molar-refractivity contribution >= 4 is 12.2 Å². The van der Waals surface area contributed by atoms with Crippen LogP contribution < -0.4 is 10.1 Å². The summed E-state index contributed by atoms with van der Waals surface area (Å²) >= 11 is 0. The van der Waals surface area contributed by atoms with Gasteiger partial charge in [0, 0.05) is 12.7 Å². The number of ether oxygens (including phenoxy) is 2. The van der Waals surface area contributed by atoms with Gasteiger partial charge < -0.3 is 14.8 Å². The lowest BCUT2D eigenvalue weighted by Gasteiger charge is -2.05. The highest BCUT2D eigenvalue weighted by Crippen LogP contribution is 2.15. The van der Waals surface area contributed by atoms with E-state index in [0.717, 1.165) is 5.56 Å². The SMILES string of the molecule is COc1cccnc1C=CCNC(=O)OCc1ccccc1. The molecule has 0 fully saturated rings. The van der Waals surface area contributed by atoms with Crippen LogP contribution in [0.5, 0.6) is 5.75 Å². The summed E-state index contributed by atoms with van der Waals surface area (Å²) in [6, 6.07) is 13.2. The fraction of sp³-hybridized carbons (Fsp3) is 0.176. The molecule has 0 saturated heterocycles. The van der Waals surface area contributed by atoms with E-state index in [2.05, 4.69) is 10.3 Å². The van der Waals surface area contributed by atoms with Crippen molar-refractivity contribution in [3.05, 3.63) is 66.0 Å². The number of carbonyl (C=O) groups is 1. The average molecular weight is 298 g/mol. The molecule has 2 aromatic rings. The second-order valence-corrected chi connectivity index (χ2v) is 4.44. The minimum absolute atomic E-state index is 0.254. The first-order valence-electron chi connectivity index (χ1n) is 6.89. The van der Waals surface area contributed by atoms with Crippen LogP contribution in [0.1, 0.15) is 11.3 Å². The monoisotopic (exact) mass is 298 g/mol. The van der Waals surface area contributed by atoms with E-state index in [1.807, 2.05) is 36.4 Å². The number of hydrogen-bond acceptors (Lipinski definition) is 4. The minimum atomic E-state index is -0.457. The highest BCUT2D eigenvalue weighted by molar-refractivity contribution is 5.67. The molecule has 22 heavy (non-hydrogen) atoms. The van der Waals surface area contributed by atoms with E-state index in [9.17, 15) is 4.79 Å². The Morgan fingerprint density at radius 1 is 1.23 bits per heavy atom. The molecule has 0 radical (unpaired) electrons. The maximum atomic E-state index is 11.5. The van der Waals surface area contributed by atoms with E-state index in [1.54, 1.807) is 31.5 Å². The highest BCUT2D eigenvalue weighted by atomic mass is 16.5. The molecule has 1 heterocycles. The van der Waals surface area contributed by atoms with Gasteiger partial charge in [0.2, 0.25) is 0 Å². The van der Waals surface area contributed by atoms with Gasteiger partial charge in [-0.3, -0.25) is 4.98 Å². The summed E-state index contributed by atoms with van der Waals surface area (Å²) in [6.07, 6.45) is 4.80. The molecule has 0 aliphatic rings. The third kappa shape index (κ3) is 4.94. The van der Waals surface area contributed by atoms with Crippen molar-refractivity contribution in [2.75, 3.05) is 13.7 Å².